The van der Waals surface area contributed by atoms with Crippen LogP contribution in [0.25, 0.3) is 0 Å². The molecule has 1 saturated heterocycles. The zero-order valence-corrected chi connectivity index (χ0v) is 9.43. The van der Waals surface area contributed by atoms with Crippen LogP contribution < -0.4 is 5.32 Å². The molecule has 4 nitrogen and oxygen atoms in total. The Labute approximate surface area is 90.7 Å². The summed E-state index contributed by atoms with van der Waals surface area (Å²) in [5, 5.41) is 2.99. The van der Waals surface area contributed by atoms with Gasteiger partial charge in [-0.25, -0.2) is 0 Å². The van der Waals surface area contributed by atoms with Crippen molar-refractivity contribution in [2.24, 2.45) is 5.92 Å². The van der Waals surface area contributed by atoms with Crippen LogP contribution >= 0.6 is 12.4 Å². The van der Waals surface area contributed by atoms with Crippen LogP contribution in [-0.4, -0.2) is 39.4 Å². The molecule has 1 fully saturated rings. The highest BCUT2D eigenvalue weighted by Crippen LogP contribution is 2.19. The van der Waals surface area contributed by atoms with E-state index in [9.17, 15) is 4.79 Å². The minimum Gasteiger partial charge on any atom is -0.468 e. The third kappa shape index (κ3) is 3.44. The lowest BCUT2D eigenvalue weighted by Gasteiger charge is -2.27. The Morgan fingerprint density at radius 2 is 2.07 bits per heavy atom. The molecule has 0 saturated carbocycles. The van der Waals surface area contributed by atoms with Crippen molar-refractivity contribution in [3.63, 3.8) is 0 Å². The number of carbonyl (C=O) groups excluding carboxylic acids is 1. The van der Waals surface area contributed by atoms with E-state index in [2.05, 4.69) is 5.32 Å². The molecule has 0 aliphatic carbocycles. The molecule has 5 heteroatoms. The van der Waals surface area contributed by atoms with Gasteiger partial charge in [-0.2, -0.15) is 0 Å². The largest absolute Gasteiger partial charge is 0.468 e. The molecule has 1 N–H and O–H groups in total. The number of methoxy groups -OCH3 is 1. The minimum absolute atomic E-state index is 0. The second-order valence-electron chi connectivity index (χ2n) is 3.24. The molecule has 1 unspecified atom stereocenters. The van der Waals surface area contributed by atoms with Crippen LogP contribution in [0, 0.1) is 5.92 Å². The third-order valence-electron chi connectivity index (χ3n) is 2.50. The van der Waals surface area contributed by atoms with Crippen LogP contribution in [-0.2, 0) is 14.3 Å². The maximum atomic E-state index is 11.3. The molecule has 14 heavy (non-hydrogen) atoms. The second kappa shape index (κ2) is 7.04. The summed E-state index contributed by atoms with van der Waals surface area (Å²) < 4.78 is 9.94. The summed E-state index contributed by atoms with van der Waals surface area (Å²) >= 11 is 0. The van der Waals surface area contributed by atoms with Crippen molar-refractivity contribution in [3.8, 4) is 0 Å². The number of ether oxygens (including phenoxy) is 2. The Morgan fingerprint density at radius 1 is 1.50 bits per heavy atom. The van der Waals surface area contributed by atoms with Crippen molar-refractivity contribution in [2.45, 2.75) is 18.9 Å². The fraction of sp³-hybridized carbons (Fsp3) is 0.889. The van der Waals surface area contributed by atoms with Gasteiger partial charge in [-0.15, -0.1) is 12.4 Å². The van der Waals surface area contributed by atoms with Crippen LogP contribution in [0.15, 0.2) is 0 Å². The molecule has 1 heterocycles. The summed E-state index contributed by atoms with van der Waals surface area (Å²) in [6.07, 6.45) is 1.86. The number of hydrogen-bond donors (Lipinski definition) is 1. The zero-order chi connectivity index (χ0) is 9.68. The molecule has 1 rings (SSSR count). The van der Waals surface area contributed by atoms with Crippen molar-refractivity contribution in [2.75, 3.05) is 27.4 Å². The molecular formula is C9H18ClNO3. The van der Waals surface area contributed by atoms with Gasteiger partial charge >= 0.3 is 5.97 Å². The Balaban J connectivity index is 0.00000169. The van der Waals surface area contributed by atoms with Gasteiger partial charge in [0.1, 0.15) is 6.04 Å². The van der Waals surface area contributed by atoms with Crippen molar-refractivity contribution in [1.29, 1.82) is 0 Å². The number of hydrogen-bond acceptors (Lipinski definition) is 4. The van der Waals surface area contributed by atoms with Crippen LogP contribution in [0.1, 0.15) is 12.8 Å². The maximum absolute atomic E-state index is 11.3. The second-order valence-corrected chi connectivity index (χ2v) is 3.24. The number of carbonyl (C=O) groups is 1. The van der Waals surface area contributed by atoms with E-state index in [0.717, 1.165) is 26.1 Å². The van der Waals surface area contributed by atoms with Gasteiger partial charge in [-0.1, -0.05) is 0 Å². The number of halogens is 1. The molecule has 0 aromatic carbocycles. The lowest BCUT2D eigenvalue weighted by Crippen LogP contribution is -2.43. The molecule has 0 spiro atoms. The molecule has 1 aliphatic rings. The van der Waals surface area contributed by atoms with Gasteiger partial charge in [0, 0.05) is 13.2 Å². The van der Waals surface area contributed by atoms with Gasteiger partial charge < -0.3 is 14.8 Å². The number of rotatable bonds is 3. The molecule has 1 atom stereocenters. The summed E-state index contributed by atoms with van der Waals surface area (Å²) in [4.78, 5) is 11.3. The lowest BCUT2D eigenvalue weighted by atomic mass is 9.92. The molecule has 0 aromatic heterocycles. The van der Waals surface area contributed by atoms with Crippen LogP contribution in [0.4, 0.5) is 0 Å². The average molecular weight is 224 g/mol. The van der Waals surface area contributed by atoms with Gasteiger partial charge in [-0.3, -0.25) is 4.79 Å². The van der Waals surface area contributed by atoms with Crippen LogP contribution in [0.2, 0.25) is 0 Å². The highest BCUT2D eigenvalue weighted by Gasteiger charge is 2.28. The molecule has 1 aliphatic heterocycles. The summed E-state index contributed by atoms with van der Waals surface area (Å²) in [5.41, 5.74) is 0. The predicted octanol–water partition coefficient (Wildman–Crippen LogP) is 0.596. The van der Waals surface area contributed by atoms with Gasteiger partial charge in [0.25, 0.3) is 0 Å². The Kier molecular flexibility index (Phi) is 6.87. The van der Waals surface area contributed by atoms with Crippen molar-refractivity contribution >= 4 is 18.4 Å². The molecule has 84 valence electrons. The van der Waals surface area contributed by atoms with Gasteiger partial charge in [0.2, 0.25) is 0 Å². The van der Waals surface area contributed by atoms with E-state index >= 15 is 0 Å². The quantitative estimate of drug-likeness (QED) is 0.712. The first kappa shape index (κ1) is 13.7. The molecule has 0 radical (unpaired) electrons. The third-order valence-corrected chi connectivity index (χ3v) is 2.50. The van der Waals surface area contributed by atoms with E-state index in [4.69, 9.17) is 9.47 Å². The molecule has 0 aromatic rings. The maximum Gasteiger partial charge on any atom is 0.323 e. The summed E-state index contributed by atoms with van der Waals surface area (Å²) in [7, 11) is 3.21. The van der Waals surface area contributed by atoms with Crippen LogP contribution in [0.3, 0.4) is 0 Å². The Hall–Kier alpha value is -0.320. The van der Waals surface area contributed by atoms with E-state index in [0.29, 0.717) is 5.92 Å². The first-order chi connectivity index (χ1) is 6.29. The zero-order valence-electron chi connectivity index (χ0n) is 8.62. The van der Waals surface area contributed by atoms with E-state index in [1.165, 1.54) is 7.11 Å². The molecular weight excluding hydrogens is 206 g/mol. The monoisotopic (exact) mass is 223 g/mol. The van der Waals surface area contributed by atoms with E-state index < -0.39 is 0 Å². The fourth-order valence-electron chi connectivity index (χ4n) is 1.72. The minimum atomic E-state index is -0.172. The van der Waals surface area contributed by atoms with Crippen LogP contribution in [0.5, 0.6) is 0 Å². The summed E-state index contributed by atoms with van der Waals surface area (Å²) in [6, 6.07) is -0.172. The summed E-state index contributed by atoms with van der Waals surface area (Å²) in [6.45, 7) is 1.50. The number of nitrogens with one attached hydrogen (secondary N) is 1. The average Bonchev–Trinajstić information content (AvgIpc) is 2.20. The Bertz CT molecular complexity index is 171. The van der Waals surface area contributed by atoms with E-state index in [-0.39, 0.29) is 24.4 Å². The fourth-order valence-corrected chi connectivity index (χ4v) is 1.72. The predicted molar refractivity (Wildman–Crippen MR) is 55.7 cm³/mol. The lowest BCUT2D eigenvalue weighted by molar-refractivity contribution is -0.145. The van der Waals surface area contributed by atoms with Crippen molar-refractivity contribution in [1.82, 2.24) is 5.32 Å². The molecule has 0 amide bonds. The van der Waals surface area contributed by atoms with Crippen molar-refractivity contribution in [3.05, 3.63) is 0 Å². The summed E-state index contributed by atoms with van der Waals surface area (Å²) in [5.74, 6) is 0.181. The van der Waals surface area contributed by atoms with Crippen molar-refractivity contribution < 1.29 is 14.3 Å². The Morgan fingerprint density at radius 3 is 2.50 bits per heavy atom. The standard InChI is InChI=1S/C9H17NO3.ClH/c1-10-8(9(11)12-2)7-3-5-13-6-4-7;/h7-8,10H,3-6H2,1-2H3;1H. The van der Waals surface area contributed by atoms with Gasteiger partial charge in [0.05, 0.1) is 7.11 Å². The first-order valence-corrected chi connectivity index (χ1v) is 4.62. The highest BCUT2D eigenvalue weighted by molar-refractivity contribution is 5.85. The topological polar surface area (TPSA) is 47.6 Å². The number of likely N-dealkylation sites (N-methyl/N-ethyl adjacent to an activating group) is 1. The van der Waals surface area contributed by atoms with E-state index in [1.54, 1.807) is 7.05 Å². The highest BCUT2D eigenvalue weighted by atomic mass is 35.5. The van der Waals surface area contributed by atoms with Gasteiger partial charge in [0.15, 0.2) is 0 Å². The smallest absolute Gasteiger partial charge is 0.323 e. The number of esters is 1. The van der Waals surface area contributed by atoms with E-state index in [1.807, 2.05) is 0 Å². The first-order valence-electron chi connectivity index (χ1n) is 4.62. The SMILES string of the molecule is CNC(C(=O)OC)C1CCOCC1.Cl. The normalized spacial score (nSPS) is 19.6. The van der Waals surface area contributed by atoms with Gasteiger partial charge in [-0.05, 0) is 25.8 Å². The molecule has 0 bridgehead atoms.